The van der Waals surface area contributed by atoms with Gasteiger partial charge in [0.05, 0.1) is 11.3 Å². The molecule has 1 aliphatic rings. The summed E-state index contributed by atoms with van der Waals surface area (Å²) in [5.41, 5.74) is 3.81. The number of hydrogen-bond donors (Lipinski definition) is 1. The van der Waals surface area contributed by atoms with Crippen molar-refractivity contribution < 1.29 is 4.92 Å². The van der Waals surface area contributed by atoms with E-state index in [-0.39, 0.29) is 13.0 Å². The molecule has 0 amide bonds. The lowest BCUT2D eigenvalue weighted by Gasteiger charge is -2.11. The maximum atomic E-state index is 10.5. The Morgan fingerprint density at radius 3 is 2.82 bits per heavy atom. The van der Waals surface area contributed by atoms with Crippen LogP contribution in [0, 0.1) is 10.1 Å². The lowest BCUT2D eigenvalue weighted by atomic mass is 10.1. The zero-order chi connectivity index (χ0) is 8.32. The van der Waals surface area contributed by atoms with Crippen molar-refractivity contribution in [1.29, 1.82) is 0 Å². The summed E-state index contributed by atoms with van der Waals surface area (Å²) in [5, 5.41) is 10.5. The zero-order valence-electron chi connectivity index (χ0n) is 5.80. The number of aliphatic imine (C=N–C) groups is 2. The third-order valence-electron chi connectivity index (χ3n) is 1.46. The Balaban J connectivity index is 2.80. The molecule has 1 rings (SSSR count). The smallest absolute Gasteiger partial charge is 0.330 e. The molecule has 0 bridgehead atoms. The number of nitrogens with two attached hydrogens (primary N) is 1. The first kappa shape index (κ1) is 7.80. The van der Waals surface area contributed by atoms with E-state index in [1.165, 1.54) is 12.6 Å². The predicted molar refractivity (Wildman–Crippen MR) is 40.4 cm³/mol. The molecular weight excluding hydrogens is 148 g/mol. The molecule has 1 atom stereocenters. The summed E-state index contributed by atoms with van der Waals surface area (Å²) < 4.78 is 0. The van der Waals surface area contributed by atoms with Gasteiger partial charge in [0.1, 0.15) is 12.6 Å². The third kappa shape index (κ3) is 1.25. The second-order valence-corrected chi connectivity index (χ2v) is 2.20. The zero-order valence-corrected chi connectivity index (χ0v) is 5.80. The first-order valence-electron chi connectivity index (χ1n) is 3.14. The molecule has 1 unspecified atom stereocenters. The maximum Gasteiger partial charge on any atom is 0.351 e. The summed E-state index contributed by atoms with van der Waals surface area (Å²) in [6, 6.07) is 0. The molecule has 0 aliphatic carbocycles. The van der Waals surface area contributed by atoms with Crippen molar-refractivity contribution in [3.63, 3.8) is 0 Å². The van der Waals surface area contributed by atoms with E-state index in [1.54, 1.807) is 0 Å². The van der Waals surface area contributed by atoms with E-state index >= 15 is 0 Å². The standard InChI is InChI=1S/C5H8N4O2/c6-2-1-5(9(10)11)3-7-4-8-5/h3-4H,1-2,6H2. The van der Waals surface area contributed by atoms with Gasteiger partial charge in [-0.2, -0.15) is 4.99 Å². The fraction of sp³-hybridized carbons (Fsp3) is 0.600. The molecule has 1 aliphatic heterocycles. The molecule has 0 saturated heterocycles. The molecule has 0 saturated carbocycles. The van der Waals surface area contributed by atoms with Crippen molar-refractivity contribution in [2.45, 2.75) is 12.1 Å². The van der Waals surface area contributed by atoms with Crippen molar-refractivity contribution >= 4 is 12.6 Å². The van der Waals surface area contributed by atoms with Crippen LogP contribution in [0.2, 0.25) is 0 Å². The topological polar surface area (TPSA) is 93.9 Å². The van der Waals surface area contributed by atoms with Crippen molar-refractivity contribution in [3.8, 4) is 0 Å². The van der Waals surface area contributed by atoms with Crippen LogP contribution in [0.25, 0.3) is 0 Å². The monoisotopic (exact) mass is 156 g/mol. The van der Waals surface area contributed by atoms with Crippen LogP contribution in [0.3, 0.4) is 0 Å². The highest BCUT2D eigenvalue weighted by atomic mass is 16.6. The molecule has 0 spiro atoms. The van der Waals surface area contributed by atoms with E-state index in [0.717, 1.165) is 0 Å². The summed E-state index contributed by atoms with van der Waals surface area (Å²) >= 11 is 0. The van der Waals surface area contributed by atoms with Crippen LogP contribution >= 0.6 is 0 Å². The molecule has 1 heterocycles. The minimum Gasteiger partial charge on any atom is -0.330 e. The molecule has 60 valence electrons. The molecule has 0 aromatic rings. The lowest BCUT2D eigenvalue weighted by Crippen LogP contribution is -2.38. The van der Waals surface area contributed by atoms with Crippen LogP contribution < -0.4 is 5.73 Å². The average molecular weight is 156 g/mol. The average Bonchev–Trinajstić information content (AvgIpc) is 2.38. The molecule has 0 aromatic heterocycles. The summed E-state index contributed by atoms with van der Waals surface area (Å²) in [6.45, 7) is 0.227. The fourth-order valence-corrected chi connectivity index (χ4v) is 0.846. The quantitative estimate of drug-likeness (QED) is 0.437. The first-order valence-corrected chi connectivity index (χ1v) is 3.14. The first-order chi connectivity index (χ1) is 5.21. The van der Waals surface area contributed by atoms with Gasteiger partial charge in [0, 0.05) is 6.54 Å². The van der Waals surface area contributed by atoms with Crippen molar-refractivity contribution in [2.75, 3.05) is 6.54 Å². The van der Waals surface area contributed by atoms with Gasteiger partial charge in [0.15, 0.2) is 0 Å². The van der Waals surface area contributed by atoms with E-state index in [2.05, 4.69) is 9.98 Å². The second kappa shape index (κ2) is 2.75. The highest BCUT2D eigenvalue weighted by Crippen LogP contribution is 2.16. The van der Waals surface area contributed by atoms with E-state index in [4.69, 9.17) is 5.73 Å². The Bertz CT molecular complexity index is 211. The van der Waals surface area contributed by atoms with E-state index in [9.17, 15) is 10.1 Å². The Morgan fingerprint density at radius 2 is 2.45 bits per heavy atom. The van der Waals surface area contributed by atoms with E-state index in [1.807, 2.05) is 0 Å². The summed E-state index contributed by atoms with van der Waals surface area (Å²) in [7, 11) is 0. The lowest BCUT2D eigenvalue weighted by molar-refractivity contribution is -0.543. The summed E-state index contributed by atoms with van der Waals surface area (Å²) in [6.07, 6.45) is 2.58. The molecule has 0 radical (unpaired) electrons. The normalized spacial score (nSPS) is 27.7. The Kier molecular flexibility index (Phi) is 1.95. The van der Waals surface area contributed by atoms with Gasteiger partial charge in [0.25, 0.3) is 0 Å². The van der Waals surface area contributed by atoms with Crippen LogP contribution in [0.1, 0.15) is 6.42 Å². The molecule has 6 heteroatoms. The predicted octanol–water partition coefficient (Wildman–Crippen LogP) is -0.579. The van der Waals surface area contributed by atoms with Gasteiger partial charge >= 0.3 is 5.66 Å². The van der Waals surface area contributed by atoms with Gasteiger partial charge < -0.3 is 5.73 Å². The van der Waals surface area contributed by atoms with Crippen LogP contribution in [0.4, 0.5) is 0 Å². The van der Waals surface area contributed by atoms with Gasteiger partial charge in [-0.1, -0.05) is 0 Å². The number of rotatable bonds is 3. The van der Waals surface area contributed by atoms with Crippen LogP contribution in [0.5, 0.6) is 0 Å². The van der Waals surface area contributed by atoms with E-state index < -0.39 is 10.6 Å². The SMILES string of the molecule is NCCC1([N+](=O)[O-])C=NC=N1. The van der Waals surface area contributed by atoms with Crippen molar-refractivity contribution in [2.24, 2.45) is 15.7 Å². The van der Waals surface area contributed by atoms with Crippen molar-refractivity contribution in [1.82, 2.24) is 0 Å². The molecular formula is C5H8N4O2. The molecule has 0 aromatic carbocycles. The van der Waals surface area contributed by atoms with Gasteiger partial charge in [-0.25, -0.2) is 4.99 Å². The van der Waals surface area contributed by atoms with Gasteiger partial charge in [-0.15, -0.1) is 0 Å². The Morgan fingerprint density at radius 1 is 1.73 bits per heavy atom. The largest absolute Gasteiger partial charge is 0.351 e. The summed E-state index contributed by atoms with van der Waals surface area (Å²) in [4.78, 5) is 17.2. The minimum absolute atomic E-state index is 0.194. The number of hydrogen-bond acceptors (Lipinski definition) is 5. The van der Waals surface area contributed by atoms with Crippen molar-refractivity contribution in [3.05, 3.63) is 10.1 Å². The summed E-state index contributed by atoms with van der Waals surface area (Å²) in [5.74, 6) is 0. The van der Waals surface area contributed by atoms with Crippen LogP contribution in [-0.4, -0.2) is 29.7 Å². The van der Waals surface area contributed by atoms with Gasteiger partial charge in [-0.05, 0) is 0 Å². The van der Waals surface area contributed by atoms with E-state index in [0.29, 0.717) is 0 Å². The Labute approximate surface area is 63.0 Å². The minimum atomic E-state index is -1.38. The number of nitrogens with zero attached hydrogens (tertiary/aromatic N) is 3. The highest BCUT2D eigenvalue weighted by molar-refractivity contribution is 5.84. The molecule has 11 heavy (non-hydrogen) atoms. The Hall–Kier alpha value is -1.30. The van der Waals surface area contributed by atoms with Gasteiger partial charge in [-0.3, -0.25) is 10.1 Å². The fourth-order valence-electron chi connectivity index (χ4n) is 0.846. The maximum absolute atomic E-state index is 10.5. The highest BCUT2D eigenvalue weighted by Gasteiger charge is 2.41. The molecule has 6 nitrogen and oxygen atoms in total. The van der Waals surface area contributed by atoms with Crippen LogP contribution in [0.15, 0.2) is 9.98 Å². The van der Waals surface area contributed by atoms with Gasteiger partial charge in [0.2, 0.25) is 0 Å². The van der Waals surface area contributed by atoms with Crippen LogP contribution in [-0.2, 0) is 0 Å². The number of nitro groups is 1. The third-order valence-corrected chi connectivity index (χ3v) is 1.46. The molecule has 0 fully saturated rings. The molecule has 2 N–H and O–H groups in total. The second-order valence-electron chi connectivity index (χ2n) is 2.20.